The van der Waals surface area contributed by atoms with Gasteiger partial charge in [-0.2, -0.15) is 0 Å². The van der Waals surface area contributed by atoms with Crippen LogP contribution in [0.4, 0.5) is 0 Å². The normalized spacial score (nSPS) is 24.9. The molecular formula is C13H20N2O3. The fraction of sp³-hybridized carbons (Fsp3) is 0.692. The van der Waals surface area contributed by atoms with Crippen molar-refractivity contribution in [2.24, 2.45) is 5.41 Å². The molecule has 3 N–H and O–H groups in total. The first-order valence-electron chi connectivity index (χ1n) is 6.23. The monoisotopic (exact) mass is 252 g/mol. The number of amides is 1. The van der Waals surface area contributed by atoms with Gasteiger partial charge in [-0.3, -0.25) is 4.79 Å². The second kappa shape index (κ2) is 6.41. The van der Waals surface area contributed by atoms with Gasteiger partial charge in [-0.15, -0.1) is 12.3 Å². The Morgan fingerprint density at radius 2 is 2.33 bits per heavy atom. The molecule has 1 fully saturated rings. The molecule has 1 aliphatic heterocycles. The molecule has 0 aromatic heterocycles. The molecule has 0 saturated carbocycles. The summed E-state index contributed by atoms with van der Waals surface area (Å²) in [5.41, 5.74) is -0.499. The lowest BCUT2D eigenvalue weighted by molar-refractivity contribution is -0.144. The Bertz CT molecular complexity index is 354. The molecule has 5 heteroatoms. The minimum atomic E-state index is -1.09. The average molecular weight is 252 g/mol. The molecule has 1 saturated heterocycles. The van der Waals surface area contributed by atoms with Crippen LogP contribution < -0.4 is 10.6 Å². The van der Waals surface area contributed by atoms with Gasteiger partial charge in [0.1, 0.15) is 6.04 Å². The summed E-state index contributed by atoms with van der Waals surface area (Å²) in [5, 5.41) is 14.7. The highest BCUT2D eigenvalue weighted by Crippen LogP contribution is 2.30. The third-order valence-electron chi connectivity index (χ3n) is 3.56. The zero-order chi connectivity index (χ0) is 13.6. The quantitative estimate of drug-likeness (QED) is 0.617. The second-order valence-electron chi connectivity index (χ2n) is 4.69. The van der Waals surface area contributed by atoms with Crippen LogP contribution in [0.15, 0.2) is 0 Å². The topological polar surface area (TPSA) is 78.4 Å². The van der Waals surface area contributed by atoms with Crippen LogP contribution in [0.5, 0.6) is 0 Å². The summed E-state index contributed by atoms with van der Waals surface area (Å²) in [7, 11) is 0. The third kappa shape index (κ3) is 3.23. The van der Waals surface area contributed by atoms with Crippen molar-refractivity contribution in [3.63, 3.8) is 0 Å². The molecule has 0 spiro atoms. The molecule has 1 amide bonds. The summed E-state index contributed by atoms with van der Waals surface area (Å²) in [6.45, 7) is 3.45. The number of carboxylic acid groups (broad SMARTS) is 1. The van der Waals surface area contributed by atoms with Crippen molar-refractivity contribution in [3.05, 3.63) is 0 Å². The summed E-state index contributed by atoms with van der Waals surface area (Å²) in [6.07, 6.45) is 7.51. The van der Waals surface area contributed by atoms with Crippen LogP contribution >= 0.6 is 0 Å². The predicted molar refractivity (Wildman–Crippen MR) is 67.8 cm³/mol. The Kier molecular flexibility index (Phi) is 5.17. The van der Waals surface area contributed by atoms with Gasteiger partial charge in [0, 0.05) is 13.0 Å². The number of hydrogen-bond donors (Lipinski definition) is 3. The maximum atomic E-state index is 12.3. The van der Waals surface area contributed by atoms with E-state index >= 15 is 0 Å². The van der Waals surface area contributed by atoms with Crippen molar-refractivity contribution in [1.82, 2.24) is 10.6 Å². The molecule has 1 aliphatic rings. The van der Waals surface area contributed by atoms with Gasteiger partial charge in [0.15, 0.2) is 0 Å². The van der Waals surface area contributed by atoms with Crippen molar-refractivity contribution in [2.45, 2.75) is 38.6 Å². The van der Waals surface area contributed by atoms with Gasteiger partial charge in [-0.1, -0.05) is 6.92 Å². The number of carbonyl (C=O) groups is 2. The van der Waals surface area contributed by atoms with E-state index in [2.05, 4.69) is 16.6 Å². The van der Waals surface area contributed by atoms with Crippen LogP contribution in [0.25, 0.3) is 0 Å². The van der Waals surface area contributed by atoms with E-state index in [1.54, 1.807) is 0 Å². The molecule has 0 aromatic rings. The highest BCUT2D eigenvalue weighted by molar-refractivity contribution is 5.87. The molecular weight excluding hydrogens is 232 g/mol. The minimum Gasteiger partial charge on any atom is -0.480 e. The van der Waals surface area contributed by atoms with Gasteiger partial charge in [0.05, 0.1) is 5.41 Å². The number of hydrogen-bond acceptors (Lipinski definition) is 3. The lowest BCUT2D eigenvalue weighted by Gasteiger charge is -2.36. The average Bonchev–Trinajstić information content (AvgIpc) is 2.38. The molecule has 18 heavy (non-hydrogen) atoms. The first-order valence-corrected chi connectivity index (χ1v) is 6.23. The first-order chi connectivity index (χ1) is 8.55. The van der Waals surface area contributed by atoms with Gasteiger partial charge in [0.25, 0.3) is 0 Å². The van der Waals surface area contributed by atoms with E-state index in [1.807, 2.05) is 6.92 Å². The lowest BCUT2D eigenvalue weighted by atomic mass is 9.77. The van der Waals surface area contributed by atoms with Crippen LogP contribution in [-0.2, 0) is 9.59 Å². The Morgan fingerprint density at radius 3 is 2.78 bits per heavy atom. The Hall–Kier alpha value is -1.54. The van der Waals surface area contributed by atoms with Crippen LogP contribution in [-0.4, -0.2) is 36.1 Å². The van der Waals surface area contributed by atoms with Gasteiger partial charge in [-0.25, -0.2) is 4.79 Å². The highest BCUT2D eigenvalue weighted by Gasteiger charge is 2.39. The van der Waals surface area contributed by atoms with Crippen LogP contribution in [0.3, 0.4) is 0 Å². The number of nitrogens with one attached hydrogen (secondary N) is 2. The van der Waals surface area contributed by atoms with Crippen molar-refractivity contribution < 1.29 is 14.7 Å². The van der Waals surface area contributed by atoms with E-state index in [-0.39, 0.29) is 12.3 Å². The number of aliphatic carboxylic acids is 1. The number of piperidine rings is 1. The zero-order valence-corrected chi connectivity index (χ0v) is 10.7. The standard InChI is InChI=1S/C13H20N2O3/c1-3-6-10(11(16)17)15-12(18)13(4-2)7-5-8-14-9-13/h1,10,14H,4-9H2,2H3,(H,15,18)(H,16,17). The van der Waals surface area contributed by atoms with Gasteiger partial charge in [0.2, 0.25) is 5.91 Å². The van der Waals surface area contributed by atoms with Gasteiger partial charge in [-0.05, 0) is 25.8 Å². The van der Waals surface area contributed by atoms with Crippen molar-refractivity contribution in [3.8, 4) is 12.3 Å². The fourth-order valence-corrected chi connectivity index (χ4v) is 2.25. The van der Waals surface area contributed by atoms with E-state index in [0.717, 1.165) is 19.4 Å². The van der Waals surface area contributed by atoms with Crippen LogP contribution in [0, 0.1) is 17.8 Å². The van der Waals surface area contributed by atoms with E-state index in [0.29, 0.717) is 13.0 Å². The van der Waals surface area contributed by atoms with Crippen LogP contribution in [0.2, 0.25) is 0 Å². The smallest absolute Gasteiger partial charge is 0.327 e. The molecule has 100 valence electrons. The van der Waals surface area contributed by atoms with Gasteiger partial charge >= 0.3 is 5.97 Å². The first kappa shape index (κ1) is 14.5. The fourth-order valence-electron chi connectivity index (χ4n) is 2.25. The maximum absolute atomic E-state index is 12.3. The molecule has 0 bridgehead atoms. The molecule has 2 unspecified atom stereocenters. The van der Waals surface area contributed by atoms with Crippen molar-refractivity contribution >= 4 is 11.9 Å². The minimum absolute atomic E-state index is 0.00823. The van der Waals surface area contributed by atoms with E-state index in [4.69, 9.17) is 11.5 Å². The summed E-state index contributed by atoms with van der Waals surface area (Å²) in [4.78, 5) is 23.2. The number of terminal acetylenes is 1. The zero-order valence-electron chi connectivity index (χ0n) is 10.7. The molecule has 0 aromatic carbocycles. The summed E-state index contributed by atoms with van der Waals surface area (Å²) < 4.78 is 0. The maximum Gasteiger partial charge on any atom is 0.327 e. The lowest BCUT2D eigenvalue weighted by Crippen LogP contribution is -2.53. The summed E-state index contributed by atoms with van der Waals surface area (Å²) in [5.74, 6) is 0.982. The SMILES string of the molecule is C#CCC(NC(=O)C1(CC)CCCNC1)C(=O)O. The highest BCUT2D eigenvalue weighted by atomic mass is 16.4. The molecule has 0 radical (unpaired) electrons. The molecule has 1 heterocycles. The van der Waals surface area contributed by atoms with Crippen LogP contribution in [0.1, 0.15) is 32.6 Å². The molecule has 0 aliphatic carbocycles. The molecule has 1 rings (SSSR count). The number of carboxylic acids is 1. The third-order valence-corrected chi connectivity index (χ3v) is 3.56. The summed E-state index contributed by atoms with van der Waals surface area (Å²) >= 11 is 0. The Labute approximate surface area is 107 Å². The Morgan fingerprint density at radius 1 is 1.61 bits per heavy atom. The summed E-state index contributed by atoms with van der Waals surface area (Å²) in [6, 6.07) is -0.993. The van der Waals surface area contributed by atoms with Crippen molar-refractivity contribution in [2.75, 3.05) is 13.1 Å². The largest absolute Gasteiger partial charge is 0.480 e. The second-order valence-corrected chi connectivity index (χ2v) is 4.69. The molecule has 5 nitrogen and oxygen atoms in total. The van der Waals surface area contributed by atoms with Crippen molar-refractivity contribution in [1.29, 1.82) is 0 Å². The van der Waals surface area contributed by atoms with E-state index in [9.17, 15) is 9.59 Å². The Balaban J connectivity index is 2.72. The van der Waals surface area contributed by atoms with Gasteiger partial charge < -0.3 is 15.7 Å². The van der Waals surface area contributed by atoms with E-state index < -0.39 is 17.4 Å². The number of carbonyl (C=O) groups excluding carboxylic acids is 1. The predicted octanol–water partition coefficient (Wildman–Crippen LogP) is 0.359. The molecule has 2 atom stereocenters. The van der Waals surface area contributed by atoms with E-state index in [1.165, 1.54) is 0 Å². The number of rotatable bonds is 5.